The molecular formula is C17H28N2. The van der Waals surface area contributed by atoms with Gasteiger partial charge < -0.3 is 5.32 Å². The molecule has 1 heterocycles. The van der Waals surface area contributed by atoms with Crippen molar-refractivity contribution in [2.75, 3.05) is 6.54 Å². The molecule has 1 fully saturated rings. The van der Waals surface area contributed by atoms with E-state index in [9.17, 15) is 0 Å². The normalized spacial score (nSPS) is 25.2. The zero-order chi connectivity index (χ0) is 13.5. The first-order valence-corrected chi connectivity index (χ1v) is 7.92. The third kappa shape index (κ3) is 4.61. The smallest absolute Gasteiger partial charge is 0.0299 e. The van der Waals surface area contributed by atoms with E-state index in [0.29, 0.717) is 6.04 Å². The summed E-state index contributed by atoms with van der Waals surface area (Å²) in [7, 11) is 0. The summed E-state index contributed by atoms with van der Waals surface area (Å²) in [6.07, 6.45) is 11.9. The molecule has 0 radical (unpaired) electrons. The maximum atomic E-state index is 4.21. The summed E-state index contributed by atoms with van der Waals surface area (Å²) in [5, 5.41) is 3.72. The van der Waals surface area contributed by atoms with Gasteiger partial charge in [-0.25, -0.2) is 0 Å². The first kappa shape index (κ1) is 14.5. The van der Waals surface area contributed by atoms with Crippen molar-refractivity contribution in [1.29, 1.82) is 0 Å². The van der Waals surface area contributed by atoms with Crippen molar-refractivity contribution in [3.63, 3.8) is 0 Å². The molecule has 0 bridgehead atoms. The van der Waals surface area contributed by atoms with E-state index in [2.05, 4.69) is 30.2 Å². The van der Waals surface area contributed by atoms with E-state index in [4.69, 9.17) is 0 Å². The monoisotopic (exact) mass is 260 g/mol. The van der Waals surface area contributed by atoms with E-state index >= 15 is 0 Å². The molecule has 0 aromatic carbocycles. The van der Waals surface area contributed by atoms with Crippen LogP contribution < -0.4 is 5.32 Å². The van der Waals surface area contributed by atoms with Crippen molar-refractivity contribution in [1.82, 2.24) is 10.3 Å². The molecule has 106 valence electrons. The van der Waals surface area contributed by atoms with Crippen molar-refractivity contribution in [3.8, 4) is 0 Å². The minimum Gasteiger partial charge on any atom is -0.314 e. The molecule has 2 rings (SSSR count). The van der Waals surface area contributed by atoms with E-state index in [0.717, 1.165) is 24.8 Å². The average Bonchev–Trinajstić information content (AvgIpc) is 2.44. The van der Waals surface area contributed by atoms with Crippen LogP contribution in [0.2, 0.25) is 0 Å². The fourth-order valence-electron chi connectivity index (χ4n) is 3.48. The zero-order valence-electron chi connectivity index (χ0n) is 12.4. The number of aromatic nitrogens is 1. The van der Waals surface area contributed by atoms with Crippen molar-refractivity contribution < 1.29 is 0 Å². The van der Waals surface area contributed by atoms with E-state index in [1.807, 2.05) is 18.5 Å². The Hall–Kier alpha value is -0.890. The lowest BCUT2D eigenvalue weighted by Gasteiger charge is -2.34. The molecule has 2 heteroatoms. The molecule has 1 aromatic rings. The predicted molar refractivity (Wildman–Crippen MR) is 81.1 cm³/mol. The van der Waals surface area contributed by atoms with E-state index in [-0.39, 0.29) is 0 Å². The van der Waals surface area contributed by atoms with Crippen molar-refractivity contribution in [2.45, 2.75) is 58.4 Å². The van der Waals surface area contributed by atoms with Gasteiger partial charge in [0.2, 0.25) is 0 Å². The van der Waals surface area contributed by atoms with Gasteiger partial charge in [0, 0.05) is 18.4 Å². The Morgan fingerprint density at radius 1 is 1.42 bits per heavy atom. The van der Waals surface area contributed by atoms with Crippen LogP contribution in [0.15, 0.2) is 24.5 Å². The van der Waals surface area contributed by atoms with Crippen LogP contribution in [-0.4, -0.2) is 17.6 Å². The summed E-state index contributed by atoms with van der Waals surface area (Å²) in [5.74, 6) is 1.79. The molecule has 0 amide bonds. The van der Waals surface area contributed by atoms with E-state index in [1.165, 1.54) is 37.7 Å². The zero-order valence-corrected chi connectivity index (χ0v) is 12.4. The molecule has 0 spiro atoms. The second-order valence-electron chi connectivity index (χ2n) is 6.10. The van der Waals surface area contributed by atoms with Gasteiger partial charge in [-0.3, -0.25) is 4.98 Å². The highest BCUT2D eigenvalue weighted by molar-refractivity contribution is 5.08. The molecule has 0 saturated heterocycles. The molecule has 1 aliphatic carbocycles. The Labute approximate surface area is 118 Å². The number of aryl methyl sites for hydroxylation is 1. The highest BCUT2D eigenvalue weighted by atomic mass is 14.9. The predicted octanol–water partition coefficient (Wildman–Crippen LogP) is 3.82. The molecule has 0 aliphatic heterocycles. The van der Waals surface area contributed by atoms with E-state index < -0.39 is 0 Å². The SMILES string of the molecule is CCNC(CCc1cccnc1)C1CCCC(C)C1. The molecule has 1 aliphatic rings. The highest BCUT2D eigenvalue weighted by Gasteiger charge is 2.25. The Morgan fingerprint density at radius 2 is 2.32 bits per heavy atom. The summed E-state index contributed by atoms with van der Waals surface area (Å²) >= 11 is 0. The summed E-state index contributed by atoms with van der Waals surface area (Å²) in [4.78, 5) is 4.21. The molecule has 1 N–H and O–H groups in total. The van der Waals surface area contributed by atoms with Gasteiger partial charge in [-0.2, -0.15) is 0 Å². The van der Waals surface area contributed by atoms with E-state index in [1.54, 1.807) is 0 Å². The fraction of sp³-hybridized carbons (Fsp3) is 0.706. The minimum atomic E-state index is 0.688. The largest absolute Gasteiger partial charge is 0.314 e. The van der Waals surface area contributed by atoms with Gasteiger partial charge >= 0.3 is 0 Å². The average molecular weight is 260 g/mol. The quantitative estimate of drug-likeness (QED) is 0.841. The Balaban J connectivity index is 1.88. The van der Waals surface area contributed by atoms with Crippen molar-refractivity contribution in [3.05, 3.63) is 30.1 Å². The first-order chi connectivity index (χ1) is 9.29. The van der Waals surface area contributed by atoms with Crippen LogP contribution >= 0.6 is 0 Å². The van der Waals surface area contributed by atoms with Crippen LogP contribution in [0, 0.1) is 11.8 Å². The number of pyridine rings is 1. The molecule has 1 saturated carbocycles. The number of nitrogens with zero attached hydrogens (tertiary/aromatic N) is 1. The van der Waals surface area contributed by atoms with Gasteiger partial charge in [-0.05, 0) is 55.7 Å². The number of nitrogens with one attached hydrogen (secondary N) is 1. The van der Waals surface area contributed by atoms with Crippen LogP contribution in [0.4, 0.5) is 0 Å². The van der Waals surface area contributed by atoms with Gasteiger partial charge in [0.1, 0.15) is 0 Å². The van der Waals surface area contributed by atoms with Gasteiger partial charge in [0.25, 0.3) is 0 Å². The number of rotatable bonds is 6. The van der Waals surface area contributed by atoms with Crippen LogP contribution in [0.1, 0.15) is 51.5 Å². The molecule has 3 atom stereocenters. The maximum Gasteiger partial charge on any atom is 0.0299 e. The lowest BCUT2D eigenvalue weighted by molar-refractivity contribution is 0.216. The van der Waals surface area contributed by atoms with Crippen molar-refractivity contribution >= 4 is 0 Å². The second kappa shape index (κ2) is 7.64. The molecule has 2 nitrogen and oxygen atoms in total. The molecule has 1 aromatic heterocycles. The van der Waals surface area contributed by atoms with Crippen molar-refractivity contribution in [2.24, 2.45) is 11.8 Å². The lowest BCUT2D eigenvalue weighted by Crippen LogP contribution is -2.38. The fourth-order valence-corrected chi connectivity index (χ4v) is 3.48. The van der Waals surface area contributed by atoms with Crippen LogP contribution in [-0.2, 0) is 6.42 Å². The topological polar surface area (TPSA) is 24.9 Å². The van der Waals surface area contributed by atoms with Crippen LogP contribution in [0.5, 0.6) is 0 Å². The standard InChI is InChI=1S/C17H28N2/c1-3-19-17(16-8-4-6-14(2)12-16)10-9-15-7-5-11-18-13-15/h5,7,11,13-14,16-17,19H,3-4,6,8-10,12H2,1-2H3. The van der Waals surface area contributed by atoms with Gasteiger partial charge in [-0.15, -0.1) is 0 Å². The summed E-state index contributed by atoms with van der Waals surface area (Å²) < 4.78 is 0. The molecular weight excluding hydrogens is 232 g/mol. The number of hydrogen-bond donors (Lipinski definition) is 1. The lowest BCUT2D eigenvalue weighted by atomic mass is 9.77. The summed E-state index contributed by atoms with van der Waals surface area (Å²) in [5.41, 5.74) is 1.37. The minimum absolute atomic E-state index is 0.688. The Kier molecular flexibility index (Phi) is 5.84. The third-order valence-corrected chi connectivity index (χ3v) is 4.48. The summed E-state index contributed by atoms with van der Waals surface area (Å²) in [6.45, 7) is 5.72. The van der Waals surface area contributed by atoms with Gasteiger partial charge in [-0.1, -0.05) is 32.8 Å². The molecule has 3 unspecified atom stereocenters. The summed E-state index contributed by atoms with van der Waals surface area (Å²) in [6, 6.07) is 4.92. The third-order valence-electron chi connectivity index (χ3n) is 4.48. The Morgan fingerprint density at radius 3 is 3.00 bits per heavy atom. The van der Waals surface area contributed by atoms with Gasteiger partial charge in [0.05, 0.1) is 0 Å². The van der Waals surface area contributed by atoms with Crippen LogP contribution in [0.3, 0.4) is 0 Å². The molecule has 19 heavy (non-hydrogen) atoms. The second-order valence-corrected chi connectivity index (χ2v) is 6.10. The number of hydrogen-bond acceptors (Lipinski definition) is 2. The maximum absolute atomic E-state index is 4.21. The highest BCUT2D eigenvalue weighted by Crippen LogP contribution is 2.32. The first-order valence-electron chi connectivity index (χ1n) is 7.92. The Bertz CT molecular complexity index is 350. The van der Waals surface area contributed by atoms with Crippen LogP contribution in [0.25, 0.3) is 0 Å². The van der Waals surface area contributed by atoms with Gasteiger partial charge in [0.15, 0.2) is 0 Å².